The molecule has 1 saturated carbocycles. The largest absolute Gasteiger partial charge is 2.00 e. The molecule has 6 N–H and O–H groups in total. The fraction of sp³-hybridized carbons (Fsp3) is 0.368. The van der Waals surface area contributed by atoms with E-state index < -0.39 is 17.7 Å². The molecule has 268 valence electrons. The fourth-order valence-corrected chi connectivity index (χ4v) is 5.82. The summed E-state index contributed by atoms with van der Waals surface area (Å²) in [5.41, 5.74) is 12.0. The number of aliphatic carboxylic acids is 1. The Bertz CT molecular complexity index is 1700. The number of aliphatic hydroxyl groups excluding tert-OH is 1. The molecule has 0 bridgehead atoms. The summed E-state index contributed by atoms with van der Waals surface area (Å²) >= 11 is 0. The number of carbonyl (C=O) groups is 2. The van der Waals surface area contributed by atoms with Crippen molar-refractivity contribution in [1.82, 2.24) is 4.58 Å². The minimum absolute atomic E-state index is 0. The molecule has 3 aliphatic rings. The fourth-order valence-electron chi connectivity index (χ4n) is 5.82. The van der Waals surface area contributed by atoms with E-state index in [2.05, 4.69) is 87.1 Å². The molecule has 2 aliphatic carbocycles. The van der Waals surface area contributed by atoms with E-state index in [1.165, 1.54) is 19.3 Å². The number of nitrogens with one attached hydrogen (secondary N) is 1. The Balaban J connectivity index is 0.000000628. The molecule has 10 nitrogen and oxygen atoms in total. The van der Waals surface area contributed by atoms with Crippen molar-refractivity contribution in [3.63, 3.8) is 0 Å². The van der Waals surface area contributed by atoms with Crippen molar-refractivity contribution in [2.24, 2.45) is 5.92 Å². The Labute approximate surface area is 303 Å². The van der Waals surface area contributed by atoms with E-state index in [4.69, 9.17) is 20.4 Å². The van der Waals surface area contributed by atoms with Gasteiger partial charge in [-0.15, -0.1) is 0 Å². The van der Waals surface area contributed by atoms with Gasteiger partial charge in [-0.25, -0.2) is 14.2 Å². The summed E-state index contributed by atoms with van der Waals surface area (Å²) in [5, 5.41) is 27.4. The first kappa shape index (κ1) is 43.0. The number of nitrogens with zero attached hydrogens (tertiary/aromatic N) is 2. The maximum absolute atomic E-state index is 12.1. The molecule has 2 aromatic carbocycles. The minimum Gasteiger partial charge on any atom is -0.677 e. The molecule has 1 aliphatic heterocycles. The van der Waals surface area contributed by atoms with Crippen molar-refractivity contribution in [3.8, 4) is 22.5 Å². The Morgan fingerprint density at radius 2 is 1.55 bits per heavy atom. The first-order chi connectivity index (χ1) is 22.5. The summed E-state index contributed by atoms with van der Waals surface area (Å²) in [6, 6.07) is 19.8. The zero-order chi connectivity index (χ0) is 34.7. The molecule has 0 aromatic heterocycles. The predicted molar refractivity (Wildman–Crippen MR) is 194 cm³/mol. The second-order valence-electron chi connectivity index (χ2n) is 11.4. The smallest absolute Gasteiger partial charge is 0.677 e. The van der Waals surface area contributed by atoms with Gasteiger partial charge in [-0.05, 0) is 64.1 Å². The number of anilines is 1. The number of aromatic carboxylic acids is 1. The molecular formula is C38H50N3O7Pt+. The summed E-state index contributed by atoms with van der Waals surface area (Å²) in [4.78, 5) is 23.7. The summed E-state index contributed by atoms with van der Waals surface area (Å²) in [5.74, 6) is -1.97. The topological polar surface area (TPSA) is 170 Å². The quantitative estimate of drug-likeness (QED) is 0.0549. The molecule has 49 heavy (non-hydrogen) atoms. The standard InChI is InChI=1S/C28H30N2O3.C7H13N.C3H4O3.H2O.Pt/c1-5-29(6-2)19-13-15-23-25(17-19)33-26-18-20(30(7-3)8-4)14-16-24(26)27(23)21-11-9-10-12-22(21)28(31)32;1-6-4-2-3-5-7(6)8;1-2(4)3(5)6;;/h9-18H,5-8H2,1-4H3;6-8H,1-5H2;4H,1H2,(H,5,6);1H2;/q;-2;;;+2/p+1. The molecule has 1 fully saturated rings. The SMILES string of the molecule is C=C(O)C(=O)O.CCN(CC)c1ccc2c(-c3ccccc3C(=O)O)c3ccc(=[N+](CC)CC)cc-3oc2c1.O.[CH2-]C1CCCCC1[NH-].[Pt+2]. The van der Waals surface area contributed by atoms with Gasteiger partial charge >= 0.3 is 33.0 Å². The number of fused-ring (bicyclic) bond motifs is 2. The van der Waals surface area contributed by atoms with Crippen LogP contribution in [0.1, 0.15) is 63.7 Å². The van der Waals surface area contributed by atoms with Gasteiger partial charge < -0.3 is 42.8 Å². The van der Waals surface area contributed by atoms with Gasteiger partial charge in [0.05, 0.1) is 11.6 Å². The molecule has 2 aromatic rings. The van der Waals surface area contributed by atoms with Crippen LogP contribution in [-0.4, -0.2) is 65.0 Å². The molecule has 5 rings (SSSR count). The molecule has 0 amide bonds. The molecule has 0 saturated heterocycles. The number of aliphatic hydroxyl groups is 1. The van der Waals surface area contributed by atoms with Crippen LogP contribution in [0.2, 0.25) is 0 Å². The van der Waals surface area contributed by atoms with Crippen LogP contribution in [0.5, 0.6) is 0 Å². The zero-order valence-electron chi connectivity index (χ0n) is 28.8. The van der Waals surface area contributed by atoms with E-state index in [0.29, 0.717) is 11.5 Å². The van der Waals surface area contributed by atoms with Crippen molar-refractivity contribution in [3.05, 3.63) is 96.6 Å². The second kappa shape index (κ2) is 20.5. The third kappa shape index (κ3) is 11.0. The van der Waals surface area contributed by atoms with Crippen molar-refractivity contribution in [2.45, 2.75) is 59.4 Å². The van der Waals surface area contributed by atoms with Crippen LogP contribution in [0.4, 0.5) is 5.69 Å². The number of hydrogen-bond acceptors (Lipinski definition) is 5. The van der Waals surface area contributed by atoms with Gasteiger partial charge in [0.2, 0.25) is 5.36 Å². The van der Waals surface area contributed by atoms with Gasteiger partial charge in [0.25, 0.3) is 0 Å². The third-order valence-electron chi connectivity index (χ3n) is 8.53. The maximum Gasteiger partial charge on any atom is 2.00 e. The van der Waals surface area contributed by atoms with Crippen LogP contribution in [0.15, 0.2) is 77.4 Å². The molecule has 11 heteroatoms. The van der Waals surface area contributed by atoms with Crippen LogP contribution >= 0.6 is 0 Å². The Kier molecular flexibility index (Phi) is 18.0. The first-order valence-electron chi connectivity index (χ1n) is 16.3. The number of carboxylic acid groups (broad SMARTS) is 2. The maximum atomic E-state index is 12.1. The number of rotatable bonds is 8. The molecule has 0 spiro atoms. The van der Waals surface area contributed by atoms with Crippen LogP contribution in [0.3, 0.4) is 0 Å². The van der Waals surface area contributed by atoms with Gasteiger partial charge in [-0.1, -0.05) is 43.9 Å². The van der Waals surface area contributed by atoms with E-state index in [0.717, 1.165) is 71.5 Å². The number of hydrogen-bond donors (Lipinski definition) is 3. The summed E-state index contributed by atoms with van der Waals surface area (Å²) in [6.45, 7) is 18.7. The molecule has 2 atom stereocenters. The first-order valence-corrected chi connectivity index (χ1v) is 16.3. The van der Waals surface area contributed by atoms with E-state index in [9.17, 15) is 14.7 Å². The van der Waals surface area contributed by atoms with Gasteiger partial charge in [-0.2, -0.15) is 12.0 Å². The van der Waals surface area contributed by atoms with Crippen molar-refractivity contribution >= 4 is 28.6 Å². The molecular weight excluding hydrogens is 806 g/mol. The number of benzene rings is 3. The summed E-state index contributed by atoms with van der Waals surface area (Å²) in [6.07, 6.45) is 4.80. The van der Waals surface area contributed by atoms with Gasteiger partial charge in [0, 0.05) is 47.4 Å². The van der Waals surface area contributed by atoms with Crippen LogP contribution in [0, 0.1) is 12.8 Å². The van der Waals surface area contributed by atoms with Gasteiger partial charge in [0.1, 0.15) is 24.4 Å². The predicted octanol–water partition coefficient (Wildman–Crippen LogP) is 7.31. The summed E-state index contributed by atoms with van der Waals surface area (Å²) in [7, 11) is 0. The Hall–Kier alpha value is -3.98. The van der Waals surface area contributed by atoms with E-state index in [-0.39, 0.29) is 38.1 Å². The monoisotopic (exact) mass is 855 g/mol. The zero-order valence-corrected chi connectivity index (χ0v) is 31.0. The normalized spacial score (nSPS) is 14.9. The molecule has 2 unspecified atom stereocenters. The third-order valence-corrected chi connectivity index (χ3v) is 8.53. The summed E-state index contributed by atoms with van der Waals surface area (Å²) < 4.78 is 8.74. The van der Waals surface area contributed by atoms with Crippen molar-refractivity contribution in [1.29, 1.82) is 0 Å². The number of carboxylic acids is 2. The van der Waals surface area contributed by atoms with Crippen LogP contribution in [0.25, 0.3) is 39.2 Å². The Morgan fingerprint density at radius 3 is 2.06 bits per heavy atom. The Morgan fingerprint density at radius 1 is 0.939 bits per heavy atom. The second-order valence-corrected chi connectivity index (χ2v) is 11.4. The van der Waals surface area contributed by atoms with E-state index in [1.54, 1.807) is 12.1 Å². The molecule has 1 heterocycles. The minimum atomic E-state index is -1.38. The average molecular weight is 856 g/mol. The van der Waals surface area contributed by atoms with E-state index >= 15 is 0 Å². The van der Waals surface area contributed by atoms with Crippen LogP contribution in [-0.2, 0) is 25.9 Å². The van der Waals surface area contributed by atoms with Crippen LogP contribution < -0.4 is 14.8 Å². The van der Waals surface area contributed by atoms with Gasteiger partial charge in [0.15, 0.2) is 5.76 Å². The van der Waals surface area contributed by atoms with Crippen molar-refractivity contribution in [2.75, 3.05) is 31.1 Å². The van der Waals surface area contributed by atoms with Crippen molar-refractivity contribution < 1.29 is 55.9 Å². The average Bonchev–Trinajstić information content (AvgIpc) is 3.06. The van der Waals surface area contributed by atoms with Gasteiger partial charge in [-0.3, -0.25) is 0 Å². The van der Waals surface area contributed by atoms with E-state index in [1.807, 2.05) is 12.1 Å². The molecule has 0 radical (unpaired) electrons.